The van der Waals surface area contributed by atoms with E-state index in [-0.39, 0.29) is 12.4 Å². The highest BCUT2D eigenvalue weighted by Gasteiger charge is 2.14. The molecule has 0 spiro atoms. The van der Waals surface area contributed by atoms with E-state index in [0.717, 1.165) is 23.1 Å². The van der Waals surface area contributed by atoms with Crippen molar-refractivity contribution in [3.05, 3.63) is 28.9 Å². The predicted octanol–water partition coefficient (Wildman–Crippen LogP) is 2.58. The van der Waals surface area contributed by atoms with Gasteiger partial charge in [0, 0.05) is 13.2 Å². The quantitative estimate of drug-likeness (QED) is 0.659. The highest BCUT2D eigenvalue weighted by molar-refractivity contribution is 7.17. The summed E-state index contributed by atoms with van der Waals surface area (Å²) < 4.78 is 26.0. The van der Waals surface area contributed by atoms with Crippen molar-refractivity contribution in [2.45, 2.75) is 12.8 Å². The first kappa shape index (κ1) is 17.1. The highest BCUT2D eigenvalue weighted by Crippen LogP contribution is 2.35. The number of aliphatic hydroxyl groups is 1. The van der Waals surface area contributed by atoms with Gasteiger partial charge in [-0.1, -0.05) is 0 Å². The van der Waals surface area contributed by atoms with Crippen LogP contribution in [0.4, 0.5) is 4.39 Å². The minimum absolute atomic E-state index is 0.146. The Kier molecular flexibility index (Phi) is 7.05. The Bertz CT molecular complexity index is 588. The molecule has 0 fully saturated rings. The van der Waals surface area contributed by atoms with E-state index in [1.54, 1.807) is 0 Å². The van der Waals surface area contributed by atoms with Gasteiger partial charge in [-0.05, 0) is 47.8 Å². The van der Waals surface area contributed by atoms with Gasteiger partial charge in [0.15, 0.2) is 11.6 Å². The zero-order chi connectivity index (χ0) is 15.8. The number of benzene rings is 1. The van der Waals surface area contributed by atoms with Crippen molar-refractivity contribution in [2.24, 2.45) is 0 Å². The molecule has 0 aliphatic carbocycles. The fraction of sp³-hybridized carbons (Fsp3) is 0.500. The van der Waals surface area contributed by atoms with E-state index >= 15 is 0 Å². The molecular weight excluding hydrogens is 305 g/mol. The Hall–Kier alpha value is -1.21. The van der Waals surface area contributed by atoms with E-state index in [1.807, 2.05) is 17.5 Å². The maximum atomic E-state index is 14.4. The van der Waals surface area contributed by atoms with Crippen LogP contribution in [0.3, 0.4) is 0 Å². The van der Waals surface area contributed by atoms with E-state index in [9.17, 15) is 4.39 Å². The summed E-state index contributed by atoms with van der Waals surface area (Å²) in [6.45, 7) is 2.66. The molecule has 0 saturated carbocycles. The molecule has 4 nitrogen and oxygen atoms in total. The van der Waals surface area contributed by atoms with Crippen LogP contribution >= 0.6 is 11.3 Å². The number of nitrogens with one attached hydrogen (secondary N) is 1. The average Bonchev–Trinajstić information content (AvgIpc) is 2.98. The summed E-state index contributed by atoms with van der Waals surface area (Å²) in [5.74, 6) is 0.0429. The van der Waals surface area contributed by atoms with Crippen molar-refractivity contribution in [2.75, 3.05) is 40.0 Å². The lowest BCUT2D eigenvalue weighted by atomic mass is 10.1. The zero-order valence-electron chi connectivity index (χ0n) is 12.7. The van der Waals surface area contributed by atoms with Gasteiger partial charge >= 0.3 is 0 Å². The number of halogens is 1. The van der Waals surface area contributed by atoms with Gasteiger partial charge in [0.1, 0.15) is 0 Å². The third-order valence-corrected chi connectivity index (χ3v) is 4.29. The molecule has 0 radical (unpaired) electrons. The molecule has 1 aromatic heterocycles. The monoisotopic (exact) mass is 327 g/mol. The Balaban J connectivity index is 1.83. The summed E-state index contributed by atoms with van der Waals surface area (Å²) in [4.78, 5) is 0. The van der Waals surface area contributed by atoms with Crippen molar-refractivity contribution in [1.82, 2.24) is 5.32 Å². The van der Waals surface area contributed by atoms with Crippen LogP contribution in [-0.4, -0.2) is 45.1 Å². The number of hydrogen-bond donors (Lipinski definition) is 2. The number of thiophene rings is 1. The third kappa shape index (κ3) is 4.39. The molecule has 0 amide bonds. The van der Waals surface area contributed by atoms with E-state index in [0.29, 0.717) is 37.5 Å². The lowest BCUT2D eigenvalue weighted by Crippen LogP contribution is -2.20. The summed E-state index contributed by atoms with van der Waals surface area (Å²) in [5.41, 5.74) is 0.626. The van der Waals surface area contributed by atoms with Crippen LogP contribution in [0, 0.1) is 5.82 Å². The van der Waals surface area contributed by atoms with Gasteiger partial charge in [0.25, 0.3) is 0 Å². The fourth-order valence-electron chi connectivity index (χ4n) is 2.27. The lowest BCUT2D eigenvalue weighted by molar-refractivity contribution is 0.133. The summed E-state index contributed by atoms with van der Waals surface area (Å²) in [7, 11) is 1.50. The maximum absolute atomic E-state index is 14.4. The van der Waals surface area contributed by atoms with E-state index in [2.05, 4.69) is 5.32 Å². The van der Waals surface area contributed by atoms with Crippen LogP contribution in [0.25, 0.3) is 10.1 Å². The second-order valence-corrected chi connectivity index (χ2v) is 5.83. The second-order valence-electron chi connectivity index (χ2n) is 4.91. The fourth-order valence-corrected chi connectivity index (χ4v) is 3.16. The first-order valence-corrected chi connectivity index (χ1v) is 8.27. The molecule has 2 aromatic rings. The Morgan fingerprint density at radius 2 is 2.18 bits per heavy atom. The minimum Gasteiger partial charge on any atom is -0.492 e. The largest absolute Gasteiger partial charge is 0.492 e. The minimum atomic E-state index is -0.286. The predicted molar refractivity (Wildman–Crippen MR) is 87.4 cm³/mol. The molecule has 1 heterocycles. The molecule has 2 rings (SSSR count). The maximum Gasteiger partial charge on any atom is 0.172 e. The molecule has 0 aliphatic rings. The summed E-state index contributed by atoms with van der Waals surface area (Å²) in [5, 5.41) is 14.6. The van der Waals surface area contributed by atoms with E-state index in [1.165, 1.54) is 18.4 Å². The van der Waals surface area contributed by atoms with Gasteiger partial charge < -0.3 is 19.9 Å². The molecule has 0 atom stereocenters. The number of ether oxygens (including phenoxy) is 2. The molecule has 0 unspecified atom stereocenters. The molecule has 0 aliphatic heterocycles. The van der Waals surface area contributed by atoms with Crippen LogP contribution < -0.4 is 10.1 Å². The molecule has 1 aromatic carbocycles. The van der Waals surface area contributed by atoms with Crippen molar-refractivity contribution < 1.29 is 19.0 Å². The van der Waals surface area contributed by atoms with Crippen molar-refractivity contribution in [3.63, 3.8) is 0 Å². The topological polar surface area (TPSA) is 50.7 Å². The number of hydrogen-bond acceptors (Lipinski definition) is 5. The van der Waals surface area contributed by atoms with Crippen LogP contribution in [0.2, 0.25) is 0 Å². The van der Waals surface area contributed by atoms with Crippen molar-refractivity contribution in [3.8, 4) is 5.75 Å². The van der Waals surface area contributed by atoms with Crippen LogP contribution in [-0.2, 0) is 11.2 Å². The molecule has 2 N–H and O–H groups in total. The zero-order valence-corrected chi connectivity index (χ0v) is 13.5. The summed E-state index contributed by atoms with van der Waals surface area (Å²) in [6.07, 6.45) is 1.40. The number of methoxy groups -OCH3 is 1. The van der Waals surface area contributed by atoms with Crippen molar-refractivity contribution in [1.29, 1.82) is 0 Å². The van der Waals surface area contributed by atoms with Gasteiger partial charge in [0.05, 0.1) is 25.0 Å². The highest BCUT2D eigenvalue weighted by atomic mass is 32.1. The van der Waals surface area contributed by atoms with E-state index in [4.69, 9.17) is 14.6 Å². The number of aliphatic hydroxyl groups excluding tert-OH is 1. The molecule has 0 saturated heterocycles. The second kappa shape index (κ2) is 9.05. The molecule has 122 valence electrons. The molecule has 6 heteroatoms. The molecule has 0 bridgehead atoms. The Morgan fingerprint density at radius 1 is 1.32 bits per heavy atom. The first-order valence-electron chi connectivity index (χ1n) is 7.39. The van der Waals surface area contributed by atoms with Crippen LogP contribution in [0.1, 0.15) is 12.0 Å². The van der Waals surface area contributed by atoms with E-state index < -0.39 is 0 Å². The Labute approximate surface area is 133 Å². The lowest BCUT2D eigenvalue weighted by Gasteiger charge is -2.10. The average molecular weight is 327 g/mol. The normalized spacial score (nSPS) is 11.2. The van der Waals surface area contributed by atoms with Crippen LogP contribution in [0.15, 0.2) is 17.5 Å². The molecule has 22 heavy (non-hydrogen) atoms. The smallest absolute Gasteiger partial charge is 0.172 e. The van der Waals surface area contributed by atoms with Gasteiger partial charge in [-0.25, -0.2) is 4.39 Å². The number of fused-ring (bicyclic) bond motifs is 1. The standard InChI is InChI=1S/C16H22FNO3S/c1-20-15-14(17)12(11-13-4-10-22-16(13)15)3-9-21-8-2-5-18-6-7-19/h4,10-11,18-19H,2-3,5-9H2,1H3. The van der Waals surface area contributed by atoms with Gasteiger partial charge in [0.2, 0.25) is 0 Å². The van der Waals surface area contributed by atoms with Crippen LogP contribution in [0.5, 0.6) is 5.75 Å². The van der Waals surface area contributed by atoms with Gasteiger partial charge in [-0.3, -0.25) is 0 Å². The van der Waals surface area contributed by atoms with Crippen molar-refractivity contribution >= 4 is 21.4 Å². The number of rotatable bonds is 10. The van der Waals surface area contributed by atoms with Gasteiger partial charge in [-0.15, -0.1) is 11.3 Å². The summed E-state index contributed by atoms with van der Waals surface area (Å²) in [6, 6.07) is 3.84. The third-order valence-electron chi connectivity index (χ3n) is 3.36. The molecular formula is C16H22FNO3S. The Morgan fingerprint density at radius 3 is 2.95 bits per heavy atom. The van der Waals surface area contributed by atoms with Gasteiger partial charge in [-0.2, -0.15) is 0 Å². The SMILES string of the molecule is COc1c(F)c(CCOCCCNCCO)cc2ccsc12. The summed E-state index contributed by atoms with van der Waals surface area (Å²) >= 11 is 1.48. The first-order chi connectivity index (χ1) is 10.8.